The fourth-order valence-corrected chi connectivity index (χ4v) is 4.53. The molecule has 0 spiro atoms. The highest BCUT2D eigenvalue weighted by atomic mass is 19.1. The quantitative estimate of drug-likeness (QED) is 0.752. The smallest absolute Gasteiger partial charge is 0.255 e. The standard InChI is InChI=1S/C24H31FN4O/c1-27(21-12-16-28(17-13-21)22-9-7-20(25)8-10-22)24(30)19-6-11-23(26-18-19)29-14-4-2-3-5-15-29/h6-11,18,21H,2-5,12-17H2,1H3. The highest BCUT2D eigenvalue weighted by Gasteiger charge is 2.26. The molecule has 0 bridgehead atoms. The number of rotatable bonds is 4. The Balaban J connectivity index is 1.34. The molecule has 0 unspecified atom stereocenters. The minimum Gasteiger partial charge on any atom is -0.371 e. The molecule has 1 aromatic heterocycles. The van der Waals surface area contributed by atoms with Crippen molar-refractivity contribution in [3.8, 4) is 0 Å². The van der Waals surface area contributed by atoms with Crippen LogP contribution in [0, 0.1) is 5.82 Å². The molecular formula is C24H31FN4O. The number of carbonyl (C=O) groups is 1. The van der Waals surface area contributed by atoms with E-state index in [9.17, 15) is 9.18 Å². The van der Waals surface area contributed by atoms with E-state index in [1.165, 1.54) is 37.8 Å². The van der Waals surface area contributed by atoms with Crippen LogP contribution in [0.3, 0.4) is 0 Å². The van der Waals surface area contributed by atoms with E-state index < -0.39 is 0 Å². The lowest BCUT2D eigenvalue weighted by Gasteiger charge is -2.38. The fraction of sp³-hybridized carbons (Fsp3) is 0.500. The van der Waals surface area contributed by atoms with Gasteiger partial charge in [-0.15, -0.1) is 0 Å². The average Bonchev–Trinajstić information content (AvgIpc) is 3.09. The lowest BCUT2D eigenvalue weighted by molar-refractivity contribution is 0.0709. The van der Waals surface area contributed by atoms with Gasteiger partial charge in [-0.25, -0.2) is 9.37 Å². The second-order valence-corrected chi connectivity index (χ2v) is 8.42. The third kappa shape index (κ3) is 4.74. The Morgan fingerprint density at radius 2 is 1.60 bits per heavy atom. The number of benzene rings is 1. The van der Waals surface area contributed by atoms with Gasteiger partial charge in [0.05, 0.1) is 5.56 Å². The van der Waals surface area contributed by atoms with Gasteiger partial charge < -0.3 is 14.7 Å². The molecule has 2 aliphatic heterocycles. The van der Waals surface area contributed by atoms with E-state index in [4.69, 9.17) is 0 Å². The summed E-state index contributed by atoms with van der Waals surface area (Å²) in [6, 6.07) is 10.8. The zero-order chi connectivity index (χ0) is 20.9. The number of hydrogen-bond acceptors (Lipinski definition) is 4. The fourth-order valence-electron chi connectivity index (χ4n) is 4.53. The summed E-state index contributed by atoms with van der Waals surface area (Å²) in [5, 5.41) is 0. The van der Waals surface area contributed by atoms with Crippen LogP contribution in [0.5, 0.6) is 0 Å². The van der Waals surface area contributed by atoms with E-state index >= 15 is 0 Å². The summed E-state index contributed by atoms with van der Waals surface area (Å²) in [5.41, 5.74) is 1.69. The Morgan fingerprint density at radius 3 is 2.20 bits per heavy atom. The van der Waals surface area contributed by atoms with Crippen molar-refractivity contribution < 1.29 is 9.18 Å². The number of amides is 1. The molecule has 2 aliphatic rings. The lowest BCUT2D eigenvalue weighted by Crippen LogP contribution is -2.45. The highest BCUT2D eigenvalue weighted by molar-refractivity contribution is 5.94. The van der Waals surface area contributed by atoms with Gasteiger partial charge in [0.1, 0.15) is 11.6 Å². The van der Waals surface area contributed by atoms with Crippen molar-refractivity contribution in [2.24, 2.45) is 0 Å². The maximum atomic E-state index is 13.2. The minimum atomic E-state index is -0.213. The van der Waals surface area contributed by atoms with Gasteiger partial charge in [-0.1, -0.05) is 12.8 Å². The first-order valence-electron chi connectivity index (χ1n) is 11.1. The van der Waals surface area contributed by atoms with Crippen molar-refractivity contribution in [3.05, 3.63) is 54.0 Å². The van der Waals surface area contributed by atoms with Crippen LogP contribution in [0.15, 0.2) is 42.6 Å². The van der Waals surface area contributed by atoms with Crippen LogP contribution in [0.4, 0.5) is 15.9 Å². The summed E-state index contributed by atoms with van der Waals surface area (Å²) in [5.74, 6) is 0.795. The number of nitrogens with zero attached hydrogens (tertiary/aromatic N) is 4. The Hall–Kier alpha value is -2.63. The molecule has 0 N–H and O–H groups in total. The third-order valence-electron chi connectivity index (χ3n) is 6.45. The summed E-state index contributed by atoms with van der Waals surface area (Å²) in [4.78, 5) is 24.0. The molecule has 30 heavy (non-hydrogen) atoms. The highest BCUT2D eigenvalue weighted by Crippen LogP contribution is 2.24. The zero-order valence-corrected chi connectivity index (χ0v) is 17.8. The third-order valence-corrected chi connectivity index (χ3v) is 6.45. The Labute approximate surface area is 178 Å². The van der Waals surface area contributed by atoms with Gasteiger partial charge in [-0.05, 0) is 62.1 Å². The largest absolute Gasteiger partial charge is 0.371 e. The lowest BCUT2D eigenvalue weighted by atomic mass is 10.0. The van der Waals surface area contributed by atoms with Gasteiger partial charge in [0.15, 0.2) is 0 Å². The molecular weight excluding hydrogens is 379 g/mol. The van der Waals surface area contributed by atoms with Gasteiger partial charge >= 0.3 is 0 Å². The van der Waals surface area contributed by atoms with Crippen LogP contribution in [-0.4, -0.2) is 55.1 Å². The van der Waals surface area contributed by atoms with E-state index in [0.717, 1.165) is 50.5 Å². The molecule has 6 heteroatoms. The predicted molar refractivity (Wildman–Crippen MR) is 119 cm³/mol. The van der Waals surface area contributed by atoms with Gasteiger partial charge in [-0.2, -0.15) is 0 Å². The summed E-state index contributed by atoms with van der Waals surface area (Å²) in [7, 11) is 1.89. The average molecular weight is 411 g/mol. The second kappa shape index (κ2) is 9.45. The molecule has 2 fully saturated rings. The van der Waals surface area contributed by atoms with Crippen LogP contribution in [0.2, 0.25) is 0 Å². The minimum absolute atomic E-state index is 0.0325. The maximum Gasteiger partial charge on any atom is 0.255 e. The van der Waals surface area contributed by atoms with Crippen LogP contribution < -0.4 is 9.80 Å². The number of carbonyl (C=O) groups excluding carboxylic acids is 1. The Kier molecular flexibility index (Phi) is 6.50. The first-order chi connectivity index (χ1) is 14.6. The number of pyridine rings is 1. The molecule has 0 atom stereocenters. The number of halogens is 1. The molecule has 160 valence electrons. The Morgan fingerprint density at radius 1 is 0.933 bits per heavy atom. The first kappa shape index (κ1) is 20.6. The summed E-state index contributed by atoms with van der Waals surface area (Å²) in [6.45, 7) is 3.82. The van der Waals surface area contributed by atoms with Crippen LogP contribution >= 0.6 is 0 Å². The van der Waals surface area contributed by atoms with Crippen LogP contribution in [-0.2, 0) is 0 Å². The van der Waals surface area contributed by atoms with Gasteiger partial charge in [0.2, 0.25) is 0 Å². The van der Waals surface area contributed by atoms with Crippen molar-refractivity contribution >= 4 is 17.4 Å². The van der Waals surface area contributed by atoms with E-state index in [1.54, 1.807) is 6.20 Å². The molecule has 1 aromatic carbocycles. The van der Waals surface area contributed by atoms with Crippen molar-refractivity contribution in [1.82, 2.24) is 9.88 Å². The van der Waals surface area contributed by atoms with Gasteiger partial charge in [0, 0.05) is 51.2 Å². The van der Waals surface area contributed by atoms with Crippen molar-refractivity contribution in [2.75, 3.05) is 43.0 Å². The normalized spacial score (nSPS) is 18.2. The monoisotopic (exact) mass is 410 g/mol. The molecule has 0 saturated carbocycles. The van der Waals surface area contributed by atoms with E-state index in [1.807, 2.05) is 36.2 Å². The molecule has 1 amide bonds. The molecule has 2 aromatic rings. The number of piperidine rings is 1. The summed E-state index contributed by atoms with van der Waals surface area (Å²) >= 11 is 0. The predicted octanol–water partition coefficient (Wildman–Crippen LogP) is 4.34. The van der Waals surface area contributed by atoms with Gasteiger partial charge in [0.25, 0.3) is 5.91 Å². The van der Waals surface area contributed by atoms with E-state index in [0.29, 0.717) is 5.56 Å². The molecule has 0 aliphatic carbocycles. The summed E-state index contributed by atoms with van der Waals surface area (Å²) in [6.07, 6.45) is 8.53. The number of aromatic nitrogens is 1. The maximum absolute atomic E-state index is 13.2. The zero-order valence-electron chi connectivity index (χ0n) is 17.8. The van der Waals surface area contributed by atoms with Crippen LogP contribution in [0.1, 0.15) is 48.9 Å². The van der Waals surface area contributed by atoms with E-state index in [2.05, 4.69) is 14.8 Å². The number of anilines is 2. The summed E-state index contributed by atoms with van der Waals surface area (Å²) < 4.78 is 13.2. The van der Waals surface area contributed by atoms with Crippen LogP contribution in [0.25, 0.3) is 0 Å². The Bertz CT molecular complexity index is 823. The van der Waals surface area contributed by atoms with Gasteiger partial charge in [-0.3, -0.25) is 4.79 Å². The molecule has 3 heterocycles. The molecule has 2 saturated heterocycles. The number of hydrogen-bond donors (Lipinski definition) is 0. The second-order valence-electron chi connectivity index (χ2n) is 8.42. The molecule has 4 rings (SSSR count). The van der Waals surface area contributed by atoms with Crippen molar-refractivity contribution in [1.29, 1.82) is 0 Å². The molecule has 5 nitrogen and oxygen atoms in total. The van der Waals surface area contributed by atoms with E-state index in [-0.39, 0.29) is 17.8 Å². The first-order valence-corrected chi connectivity index (χ1v) is 11.1. The van der Waals surface area contributed by atoms with Crippen molar-refractivity contribution in [3.63, 3.8) is 0 Å². The molecule has 0 radical (unpaired) electrons. The van der Waals surface area contributed by atoms with Crippen molar-refractivity contribution in [2.45, 2.75) is 44.6 Å². The SMILES string of the molecule is CN(C(=O)c1ccc(N2CCCCCC2)nc1)C1CCN(c2ccc(F)cc2)CC1. The topological polar surface area (TPSA) is 39.7 Å².